The lowest BCUT2D eigenvalue weighted by atomic mass is 10.0. The van der Waals surface area contributed by atoms with Crippen LogP contribution in [0.4, 0.5) is 0 Å². The van der Waals surface area contributed by atoms with Crippen molar-refractivity contribution in [2.75, 3.05) is 32.8 Å². The first-order chi connectivity index (χ1) is 10.6. The summed E-state index contributed by atoms with van der Waals surface area (Å²) in [6.45, 7) is 5.55. The minimum absolute atomic E-state index is 0.0118. The molecule has 5 nitrogen and oxygen atoms in total. The number of rotatable bonds is 6. The molecular weight excluding hydrogens is 302 g/mol. The van der Waals surface area contributed by atoms with E-state index in [1.165, 1.54) is 0 Å². The summed E-state index contributed by atoms with van der Waals surface area (Å²) in [6.07, 6.45) is 0.344. The van der Waals surface area contributed by atoms with Crippen molar-refractivity contribution >= 4 is 17.5 Å². The van der Waals surface area contributed by atoms with E-state index in [1.807, 2.05) is 31.2 Å². The monoisotopic (exact) mass is 325 g/mol. The van der Waals surface area contributed by atoms with Crippen LogP contribution in [0.2, 0.25) is 5.02 Å². The average molecular weight is 326 g/mol. The van der Waals surface area contributed by atoms with Gasteiger partial charge in [0.25, 0.3) is 0 Å². The molecule has 1 fully saturated rings. The van der Waals surface area contributed by atoms with Gasteiger partial charge < -0.3 is 15.8 Å². The minimum atomic E-state index is -0.127. The molecule has 0 saturated carbocycles. The number of nitrogens with two attached hydrogens (primary N) is 1. The van der Waals surface area contributed by atoms with E-state index in [0.717, 1.165) is 31.9 Å². The normalized spacial score (nSPS) is 18.7. The van der Waals surface area contributed by atoms with Gasteiger partial charge in [0.1, 0.15) is 0 Å². The molecule has 0 bridgehead atoms. The molecule has 1 amide bonds. The van der Waals surface area contributed by atoms with Crippen LogP contribution >= 0.6 is 11.6 Å². The average Bonchev–Trinajstić information content (AvgIpc) is 2.49. The van der Waals surface area contributed by atoms with Crippen molar-refractivity contribution in [3.05, 3.63) is 34.9 Å². The van der Waals surface area contributed by atoms with Crippen LogP contribution in [-0.4, -0.2) is 49.7 Å². The number of benzene rings is 1. The van der Waals surface area contributed by atoms with E-state index in [2.05, 4.69) is 10.2 Å². The Balaban J connectivity index is 2.04. The van der Waals surface area contributed by atoms with Crippen LogP contribution in [0.25, 0.3) is 0 Å². The number of hydrogen-bond donors (Lipinski definition) is 2. The summed E-state index contributed by atoms with van der Waals surface area (Å²) in [5.41, 5.74) is 6.81. The maximum absolute atomic E-state index is 11.9. The van der Waals surface area contributed by atoms with Gasteiger partial charge in [0.2, 0.25) is 5.91 Å². The Morgan fingerprint density at radius 1 is 1.36 bits per heavy atom. The maximum Gasteiger partial charge on any atom is 0.221 e. The molecule has 1 aliphatic heterocycles. The molecule has 122 valence electrons. The number of hydrogen-bond acceptors (Lipinski definition) is 4. The number of morpholine rings is 1. The van der Waals surface area contributed by atoms with Crippen molar-refractivity contribution in [3.8, 4) is 0 Å². The molecule has 1 aliphatic rings. The van der Waals surface area contributed by atoms with E-state index >= 15 is 0 Å². The number of nitrogens with zero attached hydrogens (tertiary/aromatic N) is 1. The van der Waals surface area contributed by atoms with Crippen LogP contribution in [0.15, 0.2) is 24.3 Å². The van der Waals surface area contributed by atoms with E-state index in [4.69, 9.17) is 22.1 Å². The molecule has 2 unspecified atom stereocenters. The van der Waals surface area contributed by atoms with Gasteiger partial charge >= 0.3 is 0 Å². The highest BCUT2D eigenvalue weighted by Crippen LogP contribution is 2.23. The second kappa shape index (κ2) is 8.48. The van der Waals surface area contributed by atoms with E-state index in [1.54, 1.807) is 0 Å². The van der Waals surface area contributed by atoms with Crippen molar-refractivity contribution in [1.82, 2.24) is 10.2 Å². The van der Waals surface area contributed by atoms with Crippen LogP contribution in [0.1, 0.15) is 24.9 Å². The zero-order valence-electron chi connectivity index (χ0n) is 12.9. The van der Waals surface area contributed by atoms with Crippen molar-refractivity contribution in [1.29, 1.82) is 0 Å². The summed E-state index contributed by atoms with van der Waals surface area (Å²) in [7, 11) is 0. The summed E-state index contributed by atoms with van der Waals surface area (Å²) in [4.78, 5) is 14.2. The van der Waals surface area contributed by atoms with Crippen LogP contribution in [-0.2, 0) is 9.53 Å². The highest BCUT2D eigenvalue weighted by molar-refractivity contribution is 6.30. The third-order valence-corrected chi connectivity index (χ3v) is 3.99. The van der Waals surface area contributed by atoms with Crippen molar-refractivity contribution in [2.45, 2.75) is 25.4 Å². The SMILES string of the molecule is CC(N)CC(=O)NCC(c1ccc(Cl)cc1)N1CCOCC1. The Kier molecular flexibility index (Phi) is 6.64. The van der Waals surface area contributed by atoms with Gasteiger partial charge in [0, 0.05) is 37.1 Å². The highest BCUT2D eigenvalue weighted by atomic mass is 35.5. The number of carbonyl (C=O) groups excluding carboxylic acids is 1. The lowest BCUT2D eigenvalue weighted by Crippen LogP contribution is -2.44. The molecule has 0 aromatic heterocycles. The fourth-order valence-corrected chi connectivity index (χ4v) is 2.73. The third-order valence-electron chi connectivity index (χ3n) is 3.74. The van der Waals surface area contributed by atoms with Crippen LogP contribution in [0.3, 0.4) is 0 Å². The van der Waals surface area contributed by atoms with Gasteiger partial charge in [-0.2, -0.15) is 0 Å². The molecule has 1 saturated heterocycles. The Bertz CT molecular complexity index is 473. The van der Waals surface area contributed by atoms with Gasteiger partial charge in [0.05, 0.1) is 19.3 Å². The lowest BCUT2D eigenvalue weighted by molar-refractivity contribution is -0.121. The highest BCUT2D eigenvalue weighted by Gasteiger charge is 2.23. The van der Waals surface area contributed by atoms with E-state index < -0.39 is 0 Å². The first-order valence-corrected chi connectivity index (χ1v) is 8.03. The fraction of sp³-hybridized carbons (Fsp3) is 0.562. The largest absolute Gasteiger partial charge is 0.379 e. The molecular formula is C16H24ClN3O2. The lowest BCUT2D eigenvalue weighted by Gasteiger charge is -2.35. The number of nitrogens with one attached hydrogen (secondary N) is 1. The predicted octanol–water partition coefficient (Wildman–Crippen LogP) is 1.57. The number of ether oxygens (including phenoxy) is 1. The topological polar surface area (TPSA) is 67.6 Å². The van der Waals surface area contributed by atoms with Crippen molar-refractivity contribution < 1.29 is 9.53 Å². The molecule has 1 aromatic rings. The van der Waals surface area contributed by atoms with E-state index in [9.17, 15) is 4.79 Å². The summed E-state index contributed by atoms with van der Waals surface area (Å²) in [5, 5.41) is 3.70. The second-order valence-corrected chi connectivity index (χ2v) is 6.14. The zero-order chi connectivity index (χ0) is 15.9. The predicted molar refractivity (Wildman–Crippen MR) is 87.9 cm³/mol. The van der Waals surface area contributed by atoms with Gasteiger partial charge in [-0.25, -0.2) is 0 Å². The van der Waals surface area contributed by atoms with E-state index in [0.29, 0.717) is 18.0 Å². The minimum Gasteiger partial charge on any atom is -0.379 e. The van der Waals surface area contributed by atoms with Crippen LogP contribution in [0, 0.1) is 0 Å². The third kappa shape index (κ3) is 5.25. The molecule has 2 rings (SSSR count). The molecule has 22 heavy (non-hydrogen) atoms. The van der Waals surface area contributed by atoms with Crippen LogP contribution in [0.5, 0.6) is 0 Å². The smallest absolute Gasteiger partial charge is 0.221 e. The second-order valence-electron chi connectivity index (χ2n) is 5.70. The molecule has 1 aromatic carbocycles. The maximum atomic E-state index is 11.9. The summed E-state index contributed by atoms with van der Waals surface area (Å²) >= 11 is 5.97. The van der Waals surface area contributed by atoms with Crippen molar-refractivity contribution in [3.63, 3.8) is 0 Å². The molecule has 2 atom stereocenters. The van der Waals surface area contributed by atoms with Gasteiger partial charge in [-0.05, 0) is 24.6 Å². The van der Waals surface area contributed by atoms with Gasteiger partial charge in [-0.15, -0.1) is 0 Å². The Labute approximate surface area is 136 Å². The molecule has 1 heterocycles. The molecule has 0 radical (unpaired) electrons. The summed E-state index contributed by atoms with van der Waals surface area (Å²) < 4.78 is 5.42. The van der Waals surface area contributed by atoms with Crippen molar-refractivity contribution in [2.24, 2.45) is 5.73 Å². The fourth-order valence-electron chi connectivity index (χ4n) is 2.61. The molecule has 0 spiro atoms. The Morgan fingerprint density at radius 3 is 2.59 bits per heavy atom. The first kappa shape index (κ1) is 17.2. The Hall–Kier alpha value is -1.14. The first-order valence-electron chi connectivity index (χ1n) is 7.66. The van der Waals surface area contributed by atoms with Gasteiger partial charge in [-0.1, -0.05) is 23.7 Å². The number of carbonyl (C=O) groups is 1. The standard InChI is InChI=1S/C16H24ClN3O2/c1-12(18)10-16(21)19-11-15(20-6-8-22-9-7-20)13-2-4-14(17)5-3-13/h2-5,12,15H,6-11,18H2,1H3,(H,19,21). The zero-order valence-corrected chi connectivity index (χ0v) is 13.7. The van der Waals surface area contributed by atoms with Crippen LogP contribution < -0.4 is 11.1 Å². The molecule has 0 aliphatic carbocycles. The molecule has 6 heteroatoms. The van der Waals surface area contributed by atoms with Gasteiger partial charge in [-0.3, -0.25) is 9.69 Å². The quantitative estimate of drug-likeness (QED) is 0.833. The number of amides is 1. The molecule has 3 N–H and O–H groups in total. The Morgan fingerprint density at radius 2 is 2.00 bits per heavy atom. The summed E-state index contributed by atoms with van der Waals surface area (Å²) in [5.74, 6) is -0.0118. The van der Waals surface area contributed by atoms with E-state index in [-0.39, 0.29) is 18.0 Å². The summed E-state index contributed by atoms with van der Waals surface area (Å²) in [6, 6.07) is 7.79. The number of halogens is 1. The van der Waals surface area contributed by atoms with Gasteiger partial charge in [0.15, 0.2) is 0 Å².